The molecule has 1 aromatic heterocycles. The van der Waals surface area contributed by atoms with Crippen LogP contribution < -0.4 is 10.6 Å². The summed E-state index contributed by atoms with van der Waals surface area (Å²) in [4.78, 5) is 27.7. The van der Waals surface area contributed by atoms with Gasteiger partial charge in [0.15, 0.2) is 0 Å². The minimum Gasteiger partial charge on any atom is -0.324 e. The smallest absolute Gasteiger partial charge is 0.274 e. The van der Waals surface area contributed by atoms with Gasteiger partial charge in [0.1, 0.15) is 5.69 Å². The number of amides is 1. The average molecular weight is 326 g/mol. The number of anilines is 1. The average Bonchev–Trinajstić information content (AvgIpc) is 2.60. The molecule has 1 aromatic carbocycles. The Bertz CT molecular complexity index is 810. The van der Waals surface area contributed by atoms with Gasteiger partial charge in [0.05, 0.1) is 5.92 Å². The number of rotatable bonds is 3. The summed E-state index contributed by atoms with van der Waals surface area (Å²) in [6, 6.07) is 11.0. The maximum absolute atomic E-state index is 12.8. The van der Waals surface area contributed by atoms with Crippen molar-refractivity contribution in [1.29, 1.82) is 0 Å². The van der Waals surface area contributed by atoms with Crippen molar-refractivity contribution in [3.05, 3.63) is 63.6 Å². The van der Waals surface area contributed by atoms with Gasteiger partial charge >= 0.3 is 0 Å². The highest BCUT2D eigenvalue weighted by Crippen LogP contribution is 2.33. The molecule has 0 radical (unpaired) electrons. The van der Waals surface area contributed by atoms with E-state index in [0.29, 0.717) is 11.5 Å². The lowest BCUT2D eigenvalue weighted by molar-refractivity contribution is -0.125. The van der Waals surface area contributed by atoms with Crippen molar-refractivity contribution >= 4 is 11.6 Å². The van der Waals surface area contributed by atoms with Crippen LogP contribution in [0, 0.1) is 0 Å². The fraction of sp³-hybridized carbons (Fsp3) is 0.368. The van der Waals surface area contributed by atoms with Crippen molar-refractivity contribution in [1.82, 2.24) is 4.98 Å². The third-order valence-corrected chi connectivity index (χ3v) is 4.64. The molecule has 2 N–H and O–H groups in total. The van der Waals surface area contributed by atoms with E-state index in [1.165, 1.54) is 6.07 Å². The van der Waals surface area contributed by atoms with E-state index in [1.54, 1.807) is 6.07 Å². The number of carbonyl (C=O) groups excluding carboxylic acids is 1. The molecule has 0 spiro atoms. The molecule has 0 bridgehead atoms. The molecule has 0 aliphatic heterocycles. The number of aromatic amines is 1. The van der Waals surface area contributed by atoms with Gasteiger partial charge in [0.25, 0.3) is 11.5 Å². The van der Waals surface area contributed by atoms with Crippen molar-refractivity contribution < 1.29 is 10.0 Å². The molecule has 0 saturated carbocycles. The van der Waals surface area contributed by atoms with Gasteiger partial charge in [-0.2, -0.15) is 5.06 Å². The second kappa shape index (κ2) is 6.61. The van der Waals surface area contributed by atoms with Gasteiger partial charge in [0.2, 0.25) is 0 Å². The molecule has 3 rings (SSSR count). The Labute approximate surface area is 140 Å². The highest BCUT2D eigenvalue weighted by molar-refractivity contribution is 5.96. The first-order valence-corrected chi connectivity index (χ1v) is 8.33. The highest BCUT2D eigenvalue weighted by Gasteiger charge is 2.31. The number of hydrogen-bond acceptors (Lipinski definition) is 3. The molecule has 126 valence electrons. The number of nitrogens with one attached hydrogen (secondary N) is 1. The minimum atomic E-state index is -0.457. The fourth-order valence-electron chi connectivity index (χ4n) is 3.26. The van der Waals surface area contributed by atoms with Gasteiger partial charge < -0.3 is 4.98 Å². The van der Waals surface area contributed by atoms with E-state index < -0.39 is 17.4 Å². The van der Waals surface area contributed by atoms with Crippen molar-refractivity contribution in [2.75, 3.05) is 5.06 Å². The van der Waals surface area contributed by atoms with Crippen LogP contribution in [0.5, 0.6) is 0 Å². The second-order valence-electron chi connectivity index (χ2n) is 6.58. The molecule has 0 saturated heterocycles. The summed E-state index contributed by atoms with van der Waals surface area (Å²) in [5, 5.41) is 10.9. The number of H-pyrrole nitrogens is 1. The first-order chi connectivity index (χ1) is 11.5. The lowest BCUT2D eigenvalue weighted by Gasteiger charge is -2.27. The van der Waals surface area contributed by atoms with Crippen LogP contribution in [0.15, 0.2) is 41.2 Å². The Morgan fingerprint density at radius 2 is 2.00 bits per heavy atom. The van der Waals surface area contributed by atoms with Gasteiger partial charge in [-0.3, -0.25) is 14.8 Å². The van der Waals surface area contributed by atoms with E-state index in [9.17, 15) is 14.8 Å². The van der Waals surface area contributed by atoms with Crippen LogP contribution >= 0.6 is 0 Å². The molecule has 1 aliphatic rings. The Morgan fingerprint density at radius 3 is 2.71 bits per heavy atom. The van der Waals surface area contributed by atoms with E-state index in [1.807, 2.05) is 38.1 Å². The topological polar surface area (TPSA) is 73.4 Å². The predicted molar refractivity (Wildman–Crippen MR) is 92.5 cm³/mol. The van der Waals surface area contributed by atoms with E-state index in [4.69, 9.17) is 0 Å². The van der Waals surface area contributed by atoms with Crippen molar-refractivity contribution in [2.24, 2.45) is 0 Å². The number of aromatic nitrogens is 1. The molecular weight excluding hydrogens is 304 g/mol. The summed E-state index contributed by atoms with van der Waals surface area (Å²) in [6.45, 7) is 3.93. The first-order valence-electron chi connectivity index (χ1n) is 8.33. The Balaban J connectivity index is 1.90. The number of pyridine rings is 1. The van der Waals surface area contributed by atoms with Crippen LogP contribution in [0.2, 0.25) is 0 Å². The number of aryl methyl sites for hydroxylation is 1. The monoisotopic (exact) mass is 326 g/mol. The van der Waals surface area contributed by atoms with Gasteiger partial charge in [-0.1, -0.05) is 38.1 Å². The molecular formula is C19H22N2O3. The Kier molecular flexibility index (Phi) is 4.53. The minimum absolute atomic E-state index is 0.0348. The van der Waals surface area contributed by atoms with Crippen LogP contribution in [0.3, 0.4) is 0 Å². The number of nitrogens with zero attached hydrogens (tertiary/aromatic N) is 1. The molecule has 1 amide bonds. The van der Waals surface area contributed by atoms with Gasteiger partial charge in [-0.15, -0.1) is 0 Å². The van der Waals surface area contributed by atoms with Crippen molar-refractivity contribution in [2.45, 2.75) is 44.9 Å². The van der Waals surface area contributed by atoms with Crippen LogP contribution in [-0.2, 0) is 11.2 Å². The lowest BCUT2D eigenvalue weighted by Crippen LogP contribution is -2.37. The molecule has 1 aliphatic carbocycles. The van der Waals surface area contributed by atoms with E-state index in [0.717, 1.165) is 29.7 Å². The predicted octanol–water partition coefficient (Wildman–Crippen LogP) is 3.34. The molecule has 5 heteroatoms. The molecule has 1 heterocycles. The molecule has 24 heavy (non-hydrogen) atoms. The summed E-state index contributed by atoms with van der Waals surface area (Å²) in [7, 11) is 0. The SMILES string of the molecule is CC(C)c1ccc(N(O)C(=O)C2CCCc3ccccc32)c(=O)[nH]1. The van der Waals surface area contributed by atoms with E-state index >= 15 is 0 Å². The molecule has 2 aromatic rings. The summed E-state index contributed by atoms with van der Waals surface area (Å²) in [6.07, 6.45) is 2.51. The summed E-state index contributed by atoms with van der Waals surface area (Å²) < 4.78 is 0. The van der Waals surface area contributed by atoms with E-state index in [-0.39, 0.29) is 11.6 Å². The molecule has 5 nitrogen and oxygen atoms in total. The van der Waals surface area contributed by atoms with Gasteiger partial charge in [-0.05, 0) is 48.4 Å². The van der Waals surface area contributed by atoms with Crippen LogP contribution in [0.25, 0.3) is 0 Å². The largest absolute Gasteiger partial charge is 0.324 e. The van der Waals surface area contributed by atoms with Gasteiger partial charge in [0, 0.05) is 5.69 Å². The van der Waals surface area contributed by atoms with Crippen LogP contribution in [0.1, 0.15) is 55.3 Å². The zero-order valence-electron chi connectivity index (χ0n) is 14.0. The number of benzene rings is 1. The Morgan fingerprint density at radius 1 is 1.25 bits per heavy atom. The number of carbonyl (C=O) groups is 1. The maximum atomic E-state index is 12.8. The summed E-state index contributed by atoms with van der Waals surface area (Å²) in [5.41, 5.74) is 2.36. The zero-order chi connectivity index (χ0) is 17.3. The van der Waals surface area contributed by atoms with E-state index in [2.05, 4.69) is 4.98 Å². The Hall–Kier alpha value is -2.40. The highest BCUT2D eigenvalue weighted by atomic mass is 16.5. The van der Waals surface area contributed by atoms with Crippen molar-refractivity contribution in [3.8, 4) is 0 Å². The third-order valence-electron chi connectivity index (χ3n) is 4.64. The third kappa shape index (κ3) is 2.99. The maximum Gasteiger partial charge on any atom is 0.274 e. The number of hydroxylamine groups is 1. The lowest BCUT2D eigenvalue weighted by atomic mass is 9.82. The molecule has 1 atom stereocenters. The van der Waals surface area contributed by atoms with Crippen LogP contribution in [0.4, 0.5) is 5.69 Å². The second-order valence-corrected chi connectivity index (χ2v) is 6.58. The van der Waals surface area contributed by atoms with Gasteiger partial charge in [-0.25, -0.2) is 0 Å². The first kappa shape index (κ1) is 16.5. The zero-order valence-corrected chi connectivity index (χ0v) is 14.0. The van der Waals surface area contributed by atoms with Crippen molar-refractivity contribution in [3.63, 3.8) is 0 Å². The standard InChI is InChI=1S/C19H22N2O3/c1-12(2)16-10-11-17(18(22)20-16)21(24)19(23)15-9-5-7-13-6-3-4-8-14(13)15/h3-4,6,8,10-12,15,24H,5,7,9H2,1-2H3,(H,20,22). The molecule has 0 fully saturated rings. The number of hydrogen-bond donors (Lipinski definition) is 2. The van der Waals surface area contributed by atoms with Crippen LogP contribution in [-0.4, -0.2) is 16.1 Å². The summed E-state index contributed by atoms with van der Waals surface area (Å²) >= 11 is 0. The summed E-state index contributed by atoms with van der Waals surface area (Å²) in [5.74, 6) is -0.700. The number of fused-ring (bicyclic) bond motifs is 1. The quantitative estimate of drug-likeness (QED) is 0.671. The fourth-order valence-corrected chi connectivity index (χ4v) is 3.26. The molecule has 1 unspecified atom stereocenters. The normalized spacial score (nSPS) is 16.8.